The third-order valence-electron chi connectivity index (χ3n) is 5.39. The summed E-state index contributed by atoms with van der Waals surface area (Å²) in [5.41, 5.74) is 16.8. The summed E-state index contributed by atoms with van der Waals surface area (Å²) in [6.07, 6.45) is -0.325. The molecule has 1 aromatic carbocycles. The monoisotopic (exact) mass is 569 g/mol. The number of nitrogens with zero attached hydrogens (tertiary/aromatic N) is 1. The number of hydrogen-bond donors (Lipinski definition) is 10. The first kappa shape index (κ1) is 33.0. The SMILES string of the molecule is NC(N)=NCCCC(N)C(=O)NC(CCC(=O)O)C(=O)NC(CS)C(=O)NC(Cc1ccc(O)cc1)C(=O)O. The summed E-state index contributed by atoms with van der Waals surface area (Å²) in [6.45, 7) is 0.231. The molecule has 0 aliphatic rings. The molecule has 39 heavy (non-hydrogen) atoms. The molecule has 0 spiro atoms. The molecule has 1 aromatic rings. The number of guanidine groups is 1. The topological polar surface area (TPSA) is 273 Å². The van der Waals surface area contributed by atoms with Crippen molar-refractivity contribution in [3.8, 4) is 5.75 Å². The lowest BCUT2D eigenvalue weighted by Gasteiger charge is -2.24. The van der Waals surface area contributed by atoms with E-state index in [2.05, 4.69) is 33.6 Å². The minimum Gasteiger partial charge on any atom is -0.508 e. The fourth-order valence-corrected chi connectivity index (χ4v) is 3.53. The van der Waals surface area contributed by atoms with E-state index in [0.717, 1.165) is 0 Å². The zero-order chi connectivity index (χ0) is 29.5. The molecule has 0 fully saturated rings. The average Bonchev–Trinajstić information content (AvgIpc) is 2.87. The van der Waals surface area contributed by atoms with Crippen molar-refractivity contribution in [1.82, 2.24) is 16.0 Å². The van der Waals surface area contributed by atoms with Crippen LogP contribution in [0.1, 0.15) is 31.2 Å². The lowest BCUT2D eigenvalue weighted by Crippen LogP contribution is -2.57. The second-order valence-corrected chi connectivity index (χ2v) is 8.93. The maximum absolute atomic E-state index is 12.9. The second-order valence-electron chi connectivity index (χ2n) is 8.56. The highest BCUT2D eigenvalue weighted by atomic mass is 32.1. The Bertz CT molecular complexity index is 1030. The summed E-state index contributed by atoms with van der Waals surface area (Å²) >= 11 is 4.05. The number of aliphatic carboxylic acids is 2. The number of carboxylic acid groups (broad SMARTS) is 2. The third kappa shape index (κ3) is 12.8. The number of hydrogen-bond acceptors (Lipinski definition) is 9. The summed E-state index contributed by atoms with van der Waals surface area (Å²) < 4.78 is 0. The molecule has 3 amide bonds. The summed E-state index contributed by atoms with van der Waals surface area (Å²) in [6, 6.07) is 0.676. The number of phenolic OH excluding ortho intramolecular Hbond substituents is 1. The number of amides is 3. The van der Waals surface area contributed by atoms with Crippen molar-refractivity contribution in [1.29, 1.82) is 0 Å². The van der Waals surface area contributed by atoms with Gasteiger partial charge in [-0.05, 0) is 37.0 Å². The highest BCUT2D eigenvalue weighted by molar-refractivity contribution is 7.80. The van der Waals surface area contributed by atoms with Gasteiger partial charge in [0, 0.05) is 25.1 Å². The van der Waals surface area contributed by atoms with Gasteiger partial charge in [0.2, 0.25) is 17.7 Å². The van der Waals surface area contributed by atoms with E-state index in [-0.39, 0.29) is 43.3 Å². The Labute approximate surface area is 230 Å². The van der Waals surface area contributed by atoms with E-state index in [0.29, 0.717) is 12.0 Å². The van der Waals surface area contributed by atoms with Gasteiger partial charge in [-0.3, -0.25) is 24.2 Å². The van der Waals surface area contributed by atoms with Crippen molar-refractivity contribution in [2.45, 2.75) is 56.3 Å². The van der Waals surface area contributed by atoms with Crippen LogP contribution >= 0.6 is 12.6 Å². The molecule has 1 rings (SSSR count). The Morgan fingerprint density at radius 2 is 1.44 bits per heavy atom. The first-order valence-electron chi connectivity index (χ1n) is 11.9. The molecule has 12 N–H and O–H groups in total. The number of rotatable bonds is 17. The number of nitrogens with one attached hydrogen (secondary N) is 3. The van der Waals surface area contributed by atoms with E-state index >= 15 is 0 Å². The van der Waals surface area contributed by atoms with Crippen molar-refractivity contribution in [3.63, 3.8) is 0 Å². The number of aromatic hydroxyl groups is 1. The number of phenols is 1. The molecule has 0 saturated heterocycles. The Morgan fingerprint density at radius 1 is 0.872 bits per heavy atom. The molecule has 4 unspecified atom stereocenters. The summed E-state index contributed by atoms with van der Waals surface area (Å²) in [5, 5.41) is 35.0. The van der Waals surface area contributed by atoms with Gasteiger partial charge in [0.15, 0.2) is 5.96 Å². The first-order valence-corrected chi connectivity index (χ1v) is 12.5. The van der Waals surface area contributed by atoms with Crippen LogP contribution in [0.25, 0.3) is 0 Å². The molecular formula is C23H35N7O8S. The highest BCUT2D eigenvalue weighted by Crippen LogP contribution is 2.12. The van der Waals surface area contributed by atoms with Gasteiger partial charge in [-0.15, -0.1) is 0 Å². The van der Waals surface area contributed by atoms with Gasteiger partial charge in [-0.25, -0.2) is 4.79 Å². The maximum Gasteiger partial charge on any atom is 0.326 e. The largest absolute Gasteiger partial charge is 0.508 e. The van der Waals surface area contributed by atoms with Crippen LogP contribution in [0, 0.1) is 0 Å². The van der Waals surface area contributed by atoms with Gasteiger partial charge in [-0.1, -0.05) is 12.1 Å². The Morgan fingerprint density at radius 3 is 1.97 bits per heavy atom. The van der Waals surface area contributed by atoms with Crippen molar-refractivity contribution >= 4 is 48.2 Å². The van der Waals surface area contributed by atoms with E-state index in [1.165, 1.54) is 24.3 Å². The number of thiol groups is 1. The van der Waals surface area contributed by atoms with Crippen LogP contribution in [0.5, 0.6) is 5.75 Å². The predicted molar refractivity (Wildman–Crippen MR) is 144 cm³/mol. The van der Waals surface area contributed by atoms with Crippen molar-refractivity contribution < 1.29 is 39.3 Å². The predicted octanol–water partition coefficient (Wildman–Crippen LogP) is -2.35. The van der Waals surface area contributed by atoms with Crippen LogP contribution < -0.4 is 33.2 Å². The fourth-order valence-electron chi connectivity index (χ4n) is 3.27. The molecule has 0 saturated carbocycles. The van der Waals surface area contributed by atoms with Crippen LogP contribution in [0.15, 0.2) is 29.3 Å². The van der Waals surface area contributed by atoms with Crippen LogP contribution in [-0.2, 0) is 30.4 Å². The molecule has 0 aliphatic heterocycles. The summed E-state index contributed by atoms with van der Waals surface area (Å²) in [5.74, 6) is -5.36. The Balaban J connectivity index is 2.86. The molecule has 0 aliphatic carbocycles. The normalized spacial score (nSPS) is 13.7. The average molecular weight is 570 g/mol. The van der Waals surface area contributed by atoms with Crippen LogP contribution in [0.4, 0.5) is 0 Å². The van der Waals surface area contributed by atoms with Gasteiger partial charge in [-0.2, -0.15) is 12.6 Å². The van der Waals surface area contributed by atoms with Crippen molar-refractivity contribution in [3.05, 3.63) is 29.8 Å². The zero-order valence-corrected chi connectivity index (χ0v) is 22.0. The maximum atomic E-state index is 12.9. The van der Waals surface area contributed by atoms with E-state index < -0.39 is 60.2 Å². The zero-order valence-electron chi connectivity index (χ0n) is 21.1. The molecule has 216 valence electrons. The highest BCUT2D eigenvalue weighted by Gasteiger charge is 2.30. The van der Waals surface area contributed by atoms with Gasteiger partial charge in [0.1, 0.15) is 23.9 Å². The number of benzene rings is 1. The summed E-state index contributed by atoms with van der Waals surface area (Å²) in [7, 11) is 0. The quantitative estimate of drug-likeness (QED) is 0.0410. The summed E-state index contributed by atoms with van der Waals surface area (Å²) in [4.78, 5) is 64.7. The van der Waals surface area contributed by atoms with Gasteiger partial charge in [0.05, 0.1) is 6.04 Å². The van der Waals surface area contributed by atoms with Crippen molar-refractivity contribution in [2.24, 2.45) is 22.2 Å². The minimum atomic E-state index is -1.36. The van der Waals surface area contributed by atoms with Crippen LogP contribution in [0.3, 0.4) is 0 Å². The van der Waals surface area contributed by atoms with E-state index in [1.54, 1.807) is 0 Å². The molecule has 0 heterocycles. The third-order valence-corrected chi connectivity index (χ3v) is 5.76. The molecule has 16 heteroatoms. The minimum absolute atomic E-state index is 0.0102. The van der Waals surface area contributed by atoms with Gasteiger partial charge in [0.25, 0.3) is 0 Å². The number of nitrogens with two attached hydrogens (primary N) is 3. The number of carbonyl (C=O) groups excluding carboxylic acids is 3. The molecule has 0 aromatic heterocycles. The Hall–Kier alpha value is -4.05. The van der Waals surface area contributed by atoms with Crippen LogP contribution in [-0.4, -0.2) is 87.4 Å². The van der Waals surface area contributed by atoms with Crippen molar-refractivity contribution in [2.75, 3.05) is 12.3 Å². The molecular weight excluding hydrogens is 534 g/mol. The standard InChI is InChI=1S/C23H35N7O8S/c24-14(2-1-9-27-23(25)26)19(34)28-15(7-8-18(32)33)20(35)30-17(11-39)21(36)29-16(22(37)38)10-12-3-5-13(31)6-4-12/h3-6,14-17,31,39H,1-2,7-11,24H2,(H,28,34)(H,29,36)(H,30,35)(H,32,33)(H,37,38)(H4,25,26,27). The van der Waals surface area contributed by atoms with E-state index in [4.69, 9.17) is 22.3 Å². The lowest BCUT2D eigenvalue weighted by atomic mass is 10.1. The smallest absolute Gasteiger partial charge is 0.326 e. The van der Waals surface area contributed by atoms with E-state index in [1.807, 2.05) is 0 Å². The molecule has 15 nitrogen and oxygen atoms in total. The molecule has 4 atom stereocenters. The Kier molecular flexibility index (Phi) is 14.1. The van der Waals surface area contributed by atoms with E-state index in [9.17, 15) is 34.2 Å². The first-order chi connectivity index (χ1) is 18.3. The van der Waals surface area contributed by atoms with Gasteiger partial charge < -0.3 is 48.5 Å². The second kappa shape index (κ2) is 16.7. The fraction of sp³-hybridized carbons (Fsp3) is 0.478. The van der Waals surface area contributed by atoms with Crippen LogP contribution in [0.2, 0.25) is 0 Å². The van der Waals surface area contributed by atoms with Gasteiger partial charge >= 0.3 is 11.9 Å². The number of carbonyl (C=O) groups is 5. The lowest BCUT2D eigenvalue weighted by molar-refractivity contribution is -0.142. The number of carboxylic acids is 2. The molecule has 0 radical (unpaired) electrons. The molecule has 0 bridgehead atoms. The number of aliphatic imine (C=N–C) groups is 1.